The van der Waals surface area contributed by atoms with Crippen molar-refractivity contribution in [1.29, 1.82) is 0 Å². The van der Waals surface area contributed by atoms with Crippen LogP contribution in [0, 0.1) is 11.3 Å². The molecule has 1 fully saturated rings. The molecule has 17 heavy (non-hydrogen) atoms. The number of nitrogens with one attached hydrogen (secondary N) is 2. The fourth-order valence-corrected chi connectivity index (χ4v) is 1.85. The van der Waals surface area contributed by atoms with E-state index in [0.29, 0.717) is 18.4 Å². The Labute approximate surface area is 112 Å². The van der Waals surface area contributed by atoms with Gasteiger partial charge in [-0.15, -0.1) is 12.4 Å². The number of amides is 1. The van der Waals surface area contributed by atoms with Crippen LogP contribution in [0.25, 0.3) is 0 Å². The maximum absolute atomic E-state index is 11.8. The highest BCUT2D eigenvalue weighted by atomic mass is 35.5. The Kier molecular flexibility index (Phi) is 7.10. The largest absolute Gasteiger partial charge is 0.352 e. The number of carbonyl (C=O) groups is 1. The highest BCUT2D eigenvalue weighted by Gasteiger charge is 2.23. The minimum atomic E-state index is 0. The number of hydrogen-bond donors (Lipinski definition) is 2. The molecule has 3 nitrogen and oxygen atoms in total. The van der Waals surface area contributed by atoms with Crippen molar-refractivity contribution in [1.82, 2.24) is 10.6 Å². The van der Waals surface area contributed by atoms with E-state index in [4.69, 9.17) is 0 Å². The Balaban J connectivity index is 0.00000256. The molecular formula is C13H27ClN2O. The zero-order valence-electron chi connectivity index (χ0n) is 11.5. The molecule has 0 aliphatic carbocycles. The lowest BCUT2D eigenvalue weighted by molar-refractivity contribution is -0.123. The molecule has 1 saturated heterocycles. The van der Waals surface area contributed by atoms with E-state index in [1.807, 2.05) is 0 Å². The van der Waals surface area contributed by atoms with Gasteiger partial charge < -0.3 is 10.6 Å². The molecule has 1 heterocycles. The summed E-state index contributed by atoms with van der Waals surface area (Å²) in [6.45, 7) is 10.7. The van der Waals surface area contributed by atoms with Gasteiger partial charge in [0.1, 0.15) is 0 Å². The maximum Gasteiger partial charge on any atom is 0.220 e. The van der Waals surface area contributed by atoms with Crippen LogP contribution in [-0.2, 0) is 4.79 Å². The Morgan fingerprint density at radius 2 is 2.12 bits per heavy atom. The minimum Gasteiger partial charge on any atom is -0.352 e. The Morgan fingerprint density at radius 3 is 2.59 bits per heavy atom. The smallest absolute Gasteiger partial charge is 0.220 e. The van der Waals surface area contributed by atoms with Crippen molar-refractivity contribution < 1.29 is 4.79 Å². The van der Waals surface area contributed by atoms with Crippen molar-refractivity contribution in [3.8, 4) is 0 Å². The lowest BCUT2D eigenvalue weighted by Crippen LogP contribution is -2.46. The monoisotopic (exact) mass is 262 g/mol. The van der Waals surface area contributed by atoms with E-state index in [9.17, 15) is 4.79 Å². The van der Waals surface area contributed by atoms with E-state index >= 15 is 0 Å². The first-order chi connectivity index (χ1) is 7.39. The SMILES string of the molecule is CC(CC(=O)NC1CCCNC1)C(C)(C)C.Cl. The predicted octanol–water partition coefficient (Wildman–Crippen LogP) is 2.35. The van der Waals surface area contributed by atoms with Crippen molar-refractivity contribution in [2.24, 2.45) is 11.3 Å². The van der Waals surface area contributed by atoms with Gasteiger partial charge >= 0.3 is 0 Å². The van der Waals surface area contributed by atoms with Crippen LogP contribution in [0.15, 0.2) is 0 Å². The third-order valence-corrected chi connectivity index (χ3v) is 3.63. The predicted molar refractivity (Wildman–Crippen MR) is 74.5 cm³/mol. The second-order valence-corrected chi connectivity index (χ2v) is 6.08. The summed E-state index contributed by atoms with van der Waals surface area (Å²) < 4.78 is 0. The lowest BCUT2D eigenvalue weighted by atomic mass is 9.80. The molecule has 2 atom stereocenters. The molecule has 1 aliphatic rings. The van der Waals surface area contributed by atoms with E-state index in [-0.39, 0.29) is 23.7 Å². The fourth-order valence-electron chi connectivity index (χ4n) is 1.85. The van der Waals surface area contributed by atoms with Crippen molar-refractivity contribution in [3.05, 3.63) is 0 Å². The molecule has 1 rings (SSSR count). The molecule has 0 aromatic heterocycles. The van der Waals surface area contributed by atoms with Gasteiger partial charge in [0.15, 0.2) is 0 Å². The van der Waals surface area contributed by atoms with E-state index < -0.39 is 0 Å². The quantitative estimate of drug-likeness (QED) is 0.820. The van der Waals surface area contributed by atoms with E-state index in [1.54, 1.807) is 0 Å². The number of piperidine rings is 1. The minimum absolute atomic E-state index is 0. The number of hydrogen-bond acceptors (Lipinski definition) is 2. The summed E-state index contributed by atoms with van der Waals surface area (Å²) in [5.41, 5.74) is 0.210. The zero-order valence-corrected chi connectivity index (χ0v) is 12.3. The standard InChI is InChI=1S/C13H26N2O.ClH/c1-10(13(2,3)4)8-12(16)15-11-6-5-7-14-9-11;/h10-11,14H,5-9H2,1-4H3,(H,15,16);1H. The van der Waals surface area contributed by atoms with Gasteiger partial charge in [0.05, 0.1) is 0 Å². The molecule has 0 aromatic carbocycles. The summed E-state index contributed by atoms with van der Waals surface area (Å²) in [7, 11) is 0. The molecule has 4 heteroatoms. The second-order valence-electron chi connectivity index (χ2n) is 6.08. The van der Waals surface area contributed by atoms with Crippen LogP contribution in [0.1, 0.15) is 47.0 Å². The molecule has 0 bridgehead atoms. The topological polar surface area (TPSA) is 41.1 Å². The Bertz CT molecular complexity index is 232. The highest BCUT2D eigenvalue weighted by molar-refractivity contribution is 5.85. The van der Waals surface area contributed by atoms with Crippen molar-refractivity contribution in [2.45, 2.75) is 53.0 Å². The van der Waals surface area contributed by atoms with Crippen LogP contribution in [0.5, 0.6) is 0 Å². The van der Waals surface area contributed by atoms with Crippen LogP contribution in [0.4, 0.5) is 0 Å². The number of halogens is 1. The molecule has 0 saturated carbocycles. The molecular weight excluding hydrogens is 236 g/mol. The van der Waals surface area contributed by atoms with Gasteiger partial charge in [-0.3, -0.25) is 4.79 Å². The average molecular weight is 263 g/mol. The normalized spacial score (nSPS) is 22.5. The summed E-state index contributed by atoms with van der Waals surface area (Å²) in [6, 6.07) is 0.341. The van der Waals surface area contributed by atoms with Crippen molar-refractivity contribution in [2.75, 3.05) is 13.1 Å². The maximum atomic E-state index is 11.8. The van der Waals surface area contributed by atoms with Crippen LogP contribution in [0.3, 0.4) is 0 Å². The molecule has 1 amide bonds. The van der Waals surface area contributed by atoms with E-state index in [2.05, 4.69) is 38.3 Å². The van der Waals surface area contributed by atoms with Crippen LogP contribution in [-0.4, -0.2) is 25.0 Å². The summed E-state index contributed by atoms with van der Waals surface area (Å²) in [6.07, 6.45) is 2.92. The third kappa shape index (κ3) is 6.27. The van der Waals surface area contributed by atoms with Gasteiger partial charge in [-0.25, -0.2) is 0 Å². The van der Waals surface area contributed by atoms with Gasteiger partial charge in [0, 0.05) is 19.0 Å². The van der Waals surface area contributed by atoms with E-state index in [0.717, 1.165) is 19.5 Å². The summed E-state index contributed by atoms with van der Waals surface area (Å²) >= 11 is 0. The third-order valence-electron chi connectivity index (χ3n) is 3.63. The number of rotatable bonds is 3. The number of carbonyl (C=O) groups excluding carboxylic acids is 1. The van der Waals surface area contributed by atoms with Gasteiger partial charge in [-0.1, -0.05) is 27.7 Å². The second kappa shape index (κ2) is 7.22. The van der Waals surface area contributed by atoms with Gasteiger partial charge in [0.25, 0.3) is 0 Å². The van der Waals surface area contributed by atoms with Gasteiger partial charge in [0.2, 0.25) is 5.91 Å². The van der Waals surface area contributed by atoms with Crippen molar-refractivity contribution >= 4 is 18.3 Å². The summed E-state index contributed by atoms with van der Waals surface area (Å²) in [5, 5.41) is 6.43. The molecule has 0 spiro atoms. The van der Waals surface area contributed by atoms with Gasteiger partial charge in [-0.2, -0.15) is 0 Å². The molecule has 0 aromatic rings. The first kappa shape index (κ1) is 16.7. The Hall–Kier alpha value is -0.280. The zero-order chi connectivity index (χ0) is 12.2. The fraction of sp³-hybridized carbons (Fsp3) is 0.923. The highest BCUT2D eigenvalue weighted by Crippen LogP contribution is 2.27. The average Bonchev–Trinajstić information content (AvgIpc) is 2.17. The molecule has 102 valence electrons. The molecule has 2 unspecified atom stereocenters. The van der Waals surface area contributed by atoms with Crippen LogP contribution < -0.4 is 10.6 Å². The van der Waals surface area contributed by atoms with Gasteiger partial charge in [-0.05, 0) is 30.7 Å². The summed E-state index contributed by atoms with van der Waals surface area (Å²) in [5.74, 6) is 0.625. The first-order valence-corrected chi connectivity index (χ1v) is 6.39. The lowest BCUT2D eigenvalue weighted by Gasteiger charge is -2.28. The molecule has 2 N–H and O–H groups in total. The molecule has 1 aliphatic heterocycles. The van der Waals surface area contributed by atoms with Crippen LogP contribution >= 0.6 is 12.4 Å². The van der Waals surface area contributed by atoms with Crippen LogP contribution in [0.2, 0.25) is 0 Å². The van der Waals surface area contributed by atoms with E-state index in [1.165, 1.54) is 6.42 Å². The summed E-state index contributed by atoms with van der Waals surface area (Å²) in [4.78, 5) is 11.8. The first-order valence-electron chi connectivity index (χ1n) is 6.39. The molecule has 0 radical (unpaired) electrons. The van der Waals surface area contributed by atoms with Crippen molar-refractivity contribution in [3.63, 3.8) is 0 Å². The Morgan fingerprint density at radius 1 is 1.47 bits per heavy atom.